The third kappa shape index (κ3) is 8.01. The molecular weight excluding hydrogens is 196 g/mol. The largest absolute Gasteiger partial charge is 0.463 e. The molecule has 3 nitrogen and oxygen atoms in total. The van der Waals surface area contributed by atoms with E-state index < -0.39 is 9.04 Å². The van der Waals surface area contributed by atoms with Crippen LogP contribution in [-0.2, 0) is 14.0 Å². The second kappa shape index (κ2) is 7.76. The molecule has 0 aliphatic heterocycles. The number of ether oxygens (including phenoxy) is 1. The summed E-state index contributed by atoms with van der Waals surface area (Å²) in [5.74, 6) is -0.348. The molecule has 0 aromatic heterocycles. The molecule has 0 unspecified atom stereocenters. The molecule has 0 aromatic carbocycles. The van der Waals surface area contributed by atoms with E-state index in [1.807, 2.05) is 13.8 Å². The first kappa shape index (κ1) is 13.4. The molecule has 14 heavy (non-hydrogen) atoms. The van der Waals surface area contributed by atoms with Crippen molar-refractivity contribution in [2.24, 2.45) is 0 Å². The summed E-state index contributed by atoms with van der Waals surface area (Å²) >= 11 is 0. The molecule has 0 aliphatic rings. The maximum atomic E-state index is 10.7. The van der Waals surface area contributed by atoms with E-state index in [-0.39, 0.29) is 5.97 Å². The van der Waals surface area contributed by atoms with Gasteiger partial charge >= 0.3 is 5.97 Å². The van der Waals surface area contributed by atoms with Gasteiger partial charge in [0, 0.05) is 12.2 Å². The standard InChI is InChI=1S/C10H19O3Si/c1-5-10(11)12-7-6-8-14(4)13-9(2)3/h5,9H,1,6-8H2,2-4H3. The van der Waals surface area contributed by atoms with Gasteiger partial charge in [-0.25, -0.2) is 4.79 Å². The van der Waals surface area contributed by atoms with Gasteiger partial charge in [0.25, 0.3) is 0 Å². The summed E-state index contributed by atoms with van der Waals surface area (Å²) in [6.07, 6.45) is 2.35. The lowest BCUT2D eigenvalue weighted by molar-refractivity contribution is -0.137. The molecule has 0 rings (SSSR count). The van der Waals surface area contributed by atoms with Gasteiger partial charge < -0.3 is 9.16 Å². The van der Waals surface area contributed by atoms with E-state index in [4.69, 9.17) is 9.16 Å². The maximum absolute atomic E-state index is 10.7. The minimum Gasteiger partial charge on any atom is -0.463 e. The molecule has 0 N–H and O–H groups in total. The second-order valence-corrected chi connectivity index (χ2v) is 5.48. The summed E-state index contributed by atoms with van der Waals surface area (Å²) in [4.78, 5) is 10.7. The highest BCUT2D eigenvalue weighted by molar-refractivity contribution is 6.50. The van der Waals surface area contributed by atoms with E-state index in [1.54, 1.807) is 0 Å². The molecule has 81 valence electrons. The van der Waals surface area contributed by atoms with E-state index in [1.165, 1.54) is 6.08 Å². The Bertz CT molecular complexity index is 180. The van der Waals surface area contributed by atoms with E-state index in [9.17, 15) is 4.79 Å². The molecular formula is C10H19O3Si. The summed E-state index contributed by atoms with van der Waals surface area (Å²) in [6.45, 7) is 9.98. The van der Waals surface area contributed by atoms with Crippen molar-refractivity contribution >= 4 is 15.0 Å². The smallest absolute Gasteiger partial charge is 0.330 e. The predicted molar refractivity (Wildman–Crippen MR) is 58.4 cm³/mol. The fourth-order valence-electron chi connectivity index (χ4n) is 1.01. The van der Waals surface area contributed by atoms with E-state index >= 15 is 0 Å². The number of hydrogen-bond donors (Lipinski definition) is 0. The molecule has 4 heteroatoms. The topological polar surface area (TPSA) is 35.5 Å². The van der Waals surface area contributed by atoms with Gasteiger partial charge in [0.15, 0.2) is 0 Å². The van der Waals surface area contributed by atoms with Crippen molar-refractivity contribution in [3.8, 4) is 0 Å². The normalized spacial score (nSPS) is 10.6. The Morgan fingerprint density at radius 3 is 2.71 bits per heavy atom. The SMILES string of the molecule is C=CC(=O)OCCC[Si](C)OC(C)C. The summed E-state index contributed by atoms with van der Waals surface area (Å²) in [5, 5.41) is 0. The number of carbonyl (C=O) groups excluding carboxylic acids is 1. The van der Waals surface area contributed by atoms with Crippen LogP contribution in [0.4, 0.5) is 0 Å². The predicted octanol–water partition coefficient (Wildman–Crippen LogP) is 2.15. The van der Waals surface area contributed by atoms with Crippen molar-refractivity contribution in [3.05, 3.63) is 12.7 Å². The van der Waals surface area contributed by atoms with Gasteiger partial charge in [0.05, 0.1) is 6.61 Å². The van der Waals surface area contributed by atoms with Crippen LogP contribution in [0.2, 0.25) is 12.6 Å². The van der Waals surface area contributed by atoms with Gasteiger partial charge in [-0.05, 0) is 32.9 Å². The van der Waals surface area contributed by atoms with E-state index in [2.05, 4.69) is 13.1 Å². The van der Waals surface area contributed by atoms with Crippen LogP contribution in [0.1, 0.15) is 20.3 Å². The molecule has 1 radical (unpaired) electrons. The average molecular weight is 215 g/mol. The molecule has 0 spiro atoms. The zero-order chi connectivity index (χ0) is 11.0. The minimum absolute atomic E-state index is 0.296. The minimum atomic E-state index is -0.711. The Labute approximate surface area is 87.8 Å². The third-order valence-electron chi connectivity index (χ3n) is 1.52. The Morgan fingerprint density at radius 1 is 1.57 bits per heavy atom. The molecule has 0 amide bonds. The van der Waals surface area contributed by atoms with Crippen LogP contribution in [0, 0.1) is 0 Å². The summed E-state index contributed by atoms with van der Waals surface area (Å²) < 4.78 is 10.5. The van der Waals surface area contributed by atoms with Crippen LogP contribution in [0.5, 0.6) is 0 Å². The van der Waals surface area contributed by atoms with Crippen molar-refractivity contribution in [2.45, 2.75) is 39.0 Å². The highest BCUT2D eigenvalue weighted by Gasteiger charge is 2.08. The van der Waals surface area contributed by atoms with Crippen molar-refractivity contribution in [3.63, 3.8) is 0 Å². The van der Waals surface area contributed by atoms with Crippen LogP contribution in [0.3, 0.4) is 0 Å². The van der Waals surface area contributed by atoms with Crippen LogP contribution in [0.25, 0.3) is 0 Å². The number of rotatable bonds is 7. The lowest BCUT2D eigenvalue weighted by Gasteiger charge is -2.13. The van der Waals surface area contributed by atoms with Gasteiger partial charge in [0.1, 0.15) is 0 Å². The molecule has 0 aliphatic carbocycles. The first-order valence-electron chi connectivity index (χ1n) is 4.84. The number of carbonyl (C=O) groups is 1. The first-order chi connectivity index (χ1) is 6.56. The van der Waals surface area contributed by atoms with E-state index in [0.717, 1.165) is 12.5 Å². The molecule has 0 atom stereocenters. The molecule has 0 heterocycles. The summed E-state index contributed by atoms with van der Waals surface area (Å²) in [6, 6.07) is 1.01. The van der Waals surface area contributed by atoms with Gasteiger partial charge in [-0.2, -0.15) is 0 Å². The number of hydrogen-bond acceptors (Lipinski definition) is 3. The monoisotopic (exact) mass is 215 g/mol. The lowest BCUT2D eigenvalue weighted by atomic mass is 10.5. The van der Waals surface area contributed by atoms with Crippen LogP contribution < -0.4 is 0 Å². The van der Waals surface area contributed by atoms with Gasteiger partial charge in [-0.15, -0.1) is 0 Å². The fraction of sp³-hybridized carbons (Fsp3) is 0.700. The quantitative estimate of drug-likeness (QED) is 0.282. The summed E-state index contributed by atoms with van der Waals surface area (Å²) in [7, 11) is -0.711. The van der Waals surface area contributed by atoms with Gasteiger partial charge in [-0.1, -0.05) is 6.58 Å². The average Bonchev–Trinajstić information content (AvgIpc) is 2.10. The van der Waals surface area contributed by atoms with Gasteiger partial charge in [0.2, 0.25) is 9.04 Å². The molecule has 0 aromatic rings. The molecule has 0 bridgehead atoms. The third-order valence-corrected chi connectivity index (χ3v) is 3.45. The van der Waals surface area contributed by atoms with Crippen molar-refractivity contribution in [1.29, 1.82) is 0 Å². The van der Waals surface area contributed by atoms with Crippen molar-refractivity contribution < 1.29 is 14.0 Å². The van der Waals surface area contributed by atoms with Crippen LogP contribution >= 0.6 is 0 Å². The fourth-order valence-corrected chi connectivity index (χ4v) is 2.58. The Kier molecular flexibility index (Phi) is 7.42. The zero-order valence-corrected chi connectivity index (χ0v) is 10.2. The van der Waals surface area contributed by atoms with Crippen LogP contribution in [-0.4, -0.2) is 27.7 Å². The molecule has 0 saturated heterocycles. The Balaban J connectivity index is 3.35. The highest BCUT2D eigenvalue weighted by atomic mass is 28.3. The number of esters is 1. The second-order valence-electron chi connectivity index (χ2n) is 3.34. The van der Waals surface area contributed by atoms with Crippen molar-refractivity contribution in [1.82, 2.24) is 0 Å². The van der Waals surface area contributed by atoms with Crippen molar-refractivity contribution in [2.75, 3.05) is 6.61 Å². The Hall–Kier alpha value is -0.613. The molecule has 0 fully saturated rings. The lowest BCUT2D eigenvalue weighted by Crippen LogP contribution is -2.19. The summed E-state index contributed by atoms with van der Waals surface area (Å²) in [5.41, 5.74) is 0. The molecule has 0 saturated carbocycles. The highest BCUT2D eigenvalue weighted by Crippen LogP contribution is 2.03. The maximum Gasteiger partial charge on any atom is 0.330 e. The zero-order valence-electron chi connectivity index (χ0n) is 9.21. The van der Waals surface area contributed by atoms with Crippen LogP contribution in [0.15, 0.2) is 12.7 Å². The Morgan fingerprint density at radius 2 is 2.21 bits per heavy atom. The van der Waals surface area contributed by atoms with Gasteiger partial charge in [-0.3, -0.25) is 0 Å². The first-order valence-corrected chi connectivity index (χ1v) is 6.96. The van der Waals surface area contributed by atoms with E-state index in [0.29, 0.717) is 12.7 Å².